The van der Waals surface area contributed by atoms with E-state index in [9.17, 15) is 4.79 Å². The number of nitrogens with one attached hydrogen (secondary N) is 2. The Kier molecular flexibility index (Phi) is 6.46. The molecule has 1 aliphatic rings. The summed E-state index contributed by atoms with van der Waals surface area (Å²) >= 11 is 4.63. The molecule has 2 heterocycles. The van der Waals surface area contributed by atoms with Crippen molar-refractivity contribution in [2.45, 2.75) is 25.3 Å². The fraction of sp³-hybridized carbons (Fsp3) is 0.333. The second kappa shape index (κ2) is 9.26. The van der Waals surface area contributed by atoms with Gasteiger partial charge in [0.05, 0.1) is 30.0 Å². The smallest absolute Gasteiger partial charge is 0.258 e. The summed E-state index contributed by atoms with van der Waals surface area (Å²) in [7, 11) is 1.87. The highest BCUT2D eigenvalue weighted by molar-refractivity contribution is 7.80. The molecule has 0 spiro atoms. The van der Waals surface area contributed by atoms with E-state index >= 15 is 0 Å². The number of ether oxygens (including phenoxy) is 1. The third-order valence-electron chi connectivity index (χ3n) is 5.60. The molecule has 0 radical (unpaired) electrons. The van der Waals surface area contributed by atoms with E-state index in [0.717, 1.165) is 57.1 Å². The third kappa shape index (κ3) is 4.54. The van der Waals surface area contributed by atoms with Gasteiger partial charge in [-0.05, 0) is 68.4 Å². The summed E-state index contributed by atoms with van der Waals surface area (Å²) in [5.41, 5.74) is 6.26. The van der Waals surface area contributed by atoms with E-state index in [4.69, 9.17) is 4.74 Å². The number of pyridine rings is 1. The van der Waals surface area contributed by atoms with Gasteiger partial charge in [0, 0.05) is 41.3 Å². The Morgan fingerprint density at radius 3 is 2.68 bits per heavy atom. The Bertz CT molecular complexity index is 1130. The van der Waals surface area contributed by atoms with E-state index in [-0.39, 0.29) is 5.91 Å². The number of thiol groups is 1. The van der Waals surface area contributed by atoms with Gasteiger partial charge in [0.15, 0.2) is 0 Å². The van der Waals surface area contributed by atoms with E-state index in [2.05, 4.69) is 46.1 Å². The fourth-order valence-electron chi connectivity index (χ4n) is 4.14. The number of benzene rings is 2. The first-order chi connectivity index (χ1) is 15.0. The molecule has 1 saturated heterocycles. The van der Waals surface area contributed by atoms with E-state index in [1.165, 1.54) is 0 Å². The van der Waals surface area contributed by atoms with Crippen LogP contribution in [-0.2, 0) is 11.3 Å². The van der Waals surface area contributed by atoms with Crippen LogP contribution in [0.15, 0.2) is 41.3 Å². The van der Waals surface area contributed by atoms with Gasteiger partial charge in [0.25, 0.3) is 5.91 Å². The van der Waals surface area contributed by atoms with Gasteiger partial charge in [0.2, 0.25) is 0 Å². The molecule has 1 aliphatic heterocycles. The molecule has 0 unspecified atom stereocenters. The highest BCUT2D eigenvalue weighted by Crippen LogP contribution is 2.31. The lowest BCUT2D eigenvalue weighted by atomic mass is 10.0. The maximum atomic E-state index is 13.6. The molecule has 2 N–H and O–H groups in total. The van der Waals surface area contributed by atoms with Crippen LogP contribution < -0.4 is 15.5 Å². The van der Waals surface area contributed by atoms with Crippen LogP contribution in [0.4, 0.5) is 11.4 Å². The Morgan fingerprint density at radius 1 is 1.16 bits per heavy atom. The van der Waals surface area contributed by atoms with Crippen LogP contribution in [0, 0.1) is 13.8 Å². The van der Waals surface area contributed by atoms with Crippen molar-refractivity contribution in [3.8, 4) is 0 Å². The molecular weight excluding hydrogens is 408 g/mol. The van der Waals surface area contributed by atoms with Gasteiger partial charge in [0.1, 0.15) is 0 Å². The summed E-state index contributed by atoms with van der Waals surface area (Å²) < 4.78 is 5.50. The van der Waals surface area contributed by atoms with Crippen LogP contribution >= 0.6 is 12.6 Å². The van der Waals surface area contributed by atoms with E-state index in [0.29, 0.717) is 25.3 Å². The van der Waals surface area contributed by atoms with Crippen molar-refractivity contribution in [3.05, 3.63) is 58.8 Å². The first-order valence-corrected chi connectivity index (χ1v) is 10.9. The Morgan fingerprint density at radius 2 is 1.94 bits per heavy atom. The van der Waals surface area contributed by atoms with Crippen LogP contribution in [0.2, 0.25) is 0 Å². The van der Waals surface area contributed by atoms with Crippen molar-refractivity contribution in [1.29, 1.82) is 0 Å². The van der Waals surface area contributed by atoms with Crippen molar-refractivity contribution in [3.63, 3.8) is 0 Å². The minimum absolute atomic E-state index is 0.139. The van der Waals surface area contributed by atoms with Crippen molar-refractivity contribution in [2.24, 2.45) is 0 Å². The number of amides is 1. The highest BCUT2D eigenvalue weighted by atomic mass is 32.1. The molecule has 0 saturated carbocycles. The van der Waals surface area contributed by atoms with Crippen molar-refractivity contribution in [1.82, 2.24) is 10.3 Å². The minimum atomic E-state index is -0.139. The molecule has 1 aromatic heterocycles. The number of aryl methyl sites for hydroxylation is 2. The number of morpholine rings is 1. The molecule has 7 heteroatoms. The summed E-state index contributed by atoms with van der Waals surface area (Å²) in [5.74, 6) is -0.139. The lowest BCUT2D eigenvalue weighted by Crippen LogP contribution is -2.37. The van der Waals surface area contributed by atoms with E-state index in [1.807, 2.05) is 44.3 Å². The molecule has 2 aromatic carbocycles. The second-order valence-corrected chi connectivity index (χ2v) is 8.34. The molecule has 6 nitrogen and oxygen atoms in total. The first-order valence-electron chi connectivity index (χ1n) is 10.5. The molecular formula is C24H28N4O2S. The number of carbonyl (C=O) groups is 1. The Labute approximate surface area is 188 Å². The Balaban J connectivity index is 1.73. The maximum absolute atomic E-state index is 13.6. The van der Waals surface area contributed by atoms with Crippen LogP contribution in [-0.4, -0.2) is 44.2 Å². The summed E-state index contributed by atoms with van der Waals surface area (Å²) in [6, 6.07) is 11.9. The molecule has 4 rings (SSSR count). The number of rotatable bonds is 5. The number of nitrogens with zero attached hydrogens (tertiary/aromatic N) is 2. The number of carbonyl (C=O) groups excluding carboxylic acids is 1. The standard InChI is InChI=1S/C24H28N4O2S/c1-15-12-16(2)26-20-5-4-17(13-18(15)20)27-24(29)23-19(14-25-3)22(31)7-6-21(23)28-8-10-30-11-9-28/h4-7,12-13,25,31H,8-11,14H2,1-3H3,(H,27,29). The van der Waals surface area contributed by atoms with Crippen LogP contribution in [0.5, 0.6) is 0 Å². The zero-order valence-corrected chi connectivity index (χ0v) is 19.1. The monoisotopic (exact) mass is 436 g/mol. The summed E-state index contributed by atoms with van der Waals surface area (Å²) in [6.45, 7) is 7.43. The topological polar surface area (TPSA) is 66.5 Å². The fourth-order valence-corrected chi connectivity index (χ4v) is 4.40. The normalized spacial score (nSPS) is 14.1. The molecule has 162 valence electrons. The lowest BCUT2D eigenvalue weighted by molar-refractivity contribution is 0.102. The summed E-state index contributed by atoms with van der Waals surface area (Å²) in [4.78, 5) is 21.2. The molecule has 3 aromatic rings. The van der Waals surface area contributed by atoms with Gasteiger partial charge < -0.3 is 20.3 Å². The molecule has 31 heavy (non-hydrogen) atoms. The quantitative estimate of drug-likeness (QED) is 0.529. The van der Waals surface area contributed by atoms with E-state index < -0.39 is 0 Å². The van der Waals surface area contributed by atoms with Gasteiger partial charge in [-0.2, -0.15) is 0 Å². The molecule has 1 fully saturated rings. The zero-order chi connectivity index (χ0) is 22.0. The maximum Gasteiger partial charge on any atom is 0.258 e. The van der Waals surface area contributed by atoms with Crippen LogP contribution in [0.25, 0.3) is 10.9 Å². The average Bonchev–Trinajstić information content (AvgIpc) is 2.76. The van der Waals surface area contributed by atoms with Gasteiger partial charge in [-0.3, -0.25) is 9.78 Å². The largest absolute Gasteiger partial charge is 0.378 e. The zero-order valence-electron chi connectivity index (χ0n) is 18.2. The molecule has 0 aliphatic carbocycles. The first kappa shape index (κ1) is 21.6. The number of hydrogen-bond donors (Lipinski definition) is 3. The van der Waals surface area contributed by atoms with Crippen LogP contribution in [0.1, 0.15) is 27.2 Å². The van der Waals surface area contributed by atoms with E-state index in [1.54, 1.807) is 0 Å². The summed E-state index contributed by atoms with van der Waals surface area (Å²) in [6.07, 6.45) is 0. The Hall–Kier alpha value is -2.61. The summed E-state index contributed by atoms with van der Waals surface area (Å²) in [5, 5.41) is 7.32. The molecule has 0 bridgehead atoms. The van der Waals surface area contributed by atoms with Gasteiger partial charge in [-0.25, -0.2) is 0 Å². The molecule has 0 atom stereocenters. The predicted molar refractivity (Wildman–Crippen MR) is 129 cm³/mol. The minimum Gasteiger partial charge on any atom is -0.378 e. The average molecular weight is 437 g/mol. The third-order valence-corrected chi connectivity index (χ3v) is 6.02. The van der Waals surface area contributed by atoms with Gasteiger partial charge in [-0.1, -0.05) is 0 Å². The second-order valence-electron chi connectivity index (χ2n) is 7.85. The number of hydrogen-bond acceptors (Lipinski definition) is 6. The van der Waals surface area contributed by atoms with Gasteiger partial charge >= 0.3 is 0 Å². The predicted octanol–water partition coefficient (Wildman–Crippen LogP) is 3.95. The van der Waals surface area contributed by atoms with Crippen molar-refractivity contribution in [2.75, 3.05) is 43.6 Å². The van der Waals surface area contributed by atoms with Crippen LogP contribution in [0.3, 0.4) is 0 Å². The van der Waals surface area contributed by atoms with Crippen molar-refractivity contribution < 1.29 is 9.53 Å². The van der Waals surface area contributed by atoms with Crippen molar-refractivity contribution >= 4 is 40.8 Å². The highest BCUT2D eigenvalue weighted by Gasteiger charge is 2.23. The molecule has 1 amide bonds. The number of fused-ring (bicyclic) bond motifs is 1. The number of anilines is 2. The lowest BCUT2D eigenvalue weighted by Gasteiger charge is -2.31. The van der Waals surface area contributed by atoms with Gasteiger partial charge in [-0.15, -0.1) is 12.6 Å². The SMILES string of the molecule is CNCc1c(S)ccc(N2CCOCC2)c1C(=O)Nc1ccc2nc(C)cc(C)c2c1. The number of aromatic nitrogens is 1.